The number of carbonyl (C=O) groups is 3. The van der Waals surface area contributed by atoms with Crippen molar-refractivity contribution in [1.29, 1.82) is 0 Å². The van der Waals surface area contributed by atoms with Crippen LogP contribution < -0.4 is 14.8 Å². The van der Waals surface area contributed by atoms with Crippen LogP contribution in [0.15, 0.2) is 47.9 Å². The molecular weight excluding hydrogens is 440 g/mol. The van der Waals surface area contributed by atoms with E-state index in [-0.39, 0.29) is 11.4 Å². The van der Waals surface area contributed by atoms with E-state index in [0.717, 1.165) is 33.4 Å². The number of aryl methyl sites for hydroxylation is 2. The van der Waals surface area contributed by atoms with E-state index in [1.54, 1.807) is 25.3 Å². The second-order valence-electron chi connectivity index (χ2n) is 7.49. The van der Waals surface area contributed by atoms with Crippen molar-refractivity contribution in [2.24, 2.45) is 0 Å². The summed E-state index contributed by atoms with van der Waals surface area (Å²) < 4.78 is 10.9. The summed E-state index contributed by atoms with van der Waals surface area (Å²) in [6.07, 6.45) is 3.90. The second-order valence-corrected chi connectivity index (χ2v) is 8.48. The molecule has 1 saturated heterocycles. The first-order valence-corrected chi connectivity index (χ1v) is 11.1. The largest absolute Gasteiger partial charge is 0.493 e. The summed E-state index contributed by atoms with van der Waals surface area (Å²) in [6.45, 7) is 7.17. The van der Waals surface area contributed by atoms with E-state index < -0.39 is 17.1 Å². The van der Waals surface area contributed by atoms with Gasteiger partial charge in [0.2, 0.25) is 5.91 Å². The molecule has 1 aliphatic heterocycles. The number of nitrogens with one attached hydrogen (secondary N) is 1. The fourth-order valence-corrected chi connectivity index (χ4v) is 4.42. The predicted octanol–water partition coefficient (Wildman–Crippen LogP) is 4.72. The van der Waals surface area contributed by atoms with Crippen LogP contribution in [0.5, 0.6) is 11.5 Å². The summed E-state index contributed by atoms with van der Waals surface area (Å²) in [5.74, 6) is 0.151. The maximum atomic E-state index is 12.9. The van der Waals surface area contributed by atoms with Gasteiger partial charge in [0, 0.05) is 11.3 Å². The molecule has 0 atom stereocenters. The molecule has 0 unspecified atom stereocenters. The molecule has 1 fully saturated rings. The summed E-state index contributed by atoms with van der Waals surface area (Å²) in [4.78, 5) is 39.1. The van der Waals surface area contributed by atoms with Gasteiger partial charge < -0.3 is 14.8 Å². The van der Waals surface area contributed by atoms with Crippen molar-refractivity contribution in [2.45, 2.75) is 20.3 Å². The van der Waals surface area contributed by atoms with Gasteiger partial charge in [-0.05, 0) is 66.9 Å². The zero-order chi connectivity index (χ0) is 24.1. The molecule has 1 N–H and O–H groups in total. The Morgan fingerprint density at radius 1 is 1.15 bits per heavy atom. The molecule has 8 heteroatoms. The number of allylic oxidation sites excluding steroid dienone is 1. The topological polar surface area (TPSA) is 84.9 Å². The number of hydrogen-bond acceptors (Lipinski definition) is 6. The van der Waals surface area contributed by atoms with E-state index >= 15 is 0 Å². The fourth-order valence-electron chi connectivity index (χ4n) is 3.58. The Hall–Kier alpha value is -3.52. The normalized spacial score (nSPS) is 14.5. The Kier molecular flexibility index (Phi) is 7.60. The third-order valence-electron chi connectivity index (χ3n) is 5.16. The van der Waals surface area contributed by atoms with Gasteiger partial charge in [-0.15, -0.1) is 6.58 Å². The van der Waals surface area contributed by atoms with Crippen molar-refractivity contribution >= 4 is 40.6 Å². The van der Waals surface area contributed by atoms with Crippen LogP contribution in [0.1, 0.15) is 22.3 Å². The van der Waals surface area contributed by atoms with Crippen LogP contribution in [0.3, 0.4) is 0 Å². The summed E-state index contributed by atoms with van der Waals surface area (Å²) in [7, 11) is 3.08. The maximum absolute atomic E-state index is 12.9. The first kappa shape index (κ1) is 24.1. The molecule has 1 aliphatic rings. The van der Waals surface area contributed by atoms with Crippen molar-refractivity contribution in [3.05, 3.63) is 70.1 Å². The van der Waals surface area contributed by atoms with Crippen LogP contribution in [-0.2, 0) is 16.0 Å². The van der Waals surface area contributed by atoms with Gasteiger partial charge in [-0.25, -0.2) is 0 Å². The average molecular weight is 467 g/mol. The van der Waals surface area contributed by atoms with Crippen LogP contribution in [0, 0.1) is 13.8 Å². The number of anilines is 1. The predicted molar refractivity (Wildman–Crippen MR) is 131 cm³/mol. The molecule has 0 aromatic heterocycles. The highest BCUT2D eigenvalue weighted by Gasteiger charge is 2.36. The van der Waals surface area contributed by atoms with Crippen molar-refractivity contribution in [2.75, 3.05) is 26.1 Å². The monoisotopic (exact) mass is 466 g/mol. The molecule has 0 spiro atoms. The van der Waals surface area contributed by atoms with Crippen LogP contribution in [0.2, 0.25) is 0 Å². The lowest BCUT2D eigenvalue weighted by molar-refractivity contribution is -0.127. The molecule has 0 radical (unpaired) electrons. The average Bonchev–Trinajstić information content (AvgIpc) is 3.03. The third-order valence-corrected chi connectivity index (χ3v) is 6.07. The highest BCUT2D eigenvalue weighted by atomic mass is 32.2. The molecule has 0 aliphatic carbocycles. The molecule has 0 bridgehead atoms. The smallest absolute Gasteiger partial charge is 0.294 e. The minimum atomic E-state index is -0.512. The molecule has 3 rings (SSSR count). The lowest BCUT2D eigenvalue weighted by atomic mass is 10.0. The molecule has 2 aromatic carbocycles. The van der Waals surface area contributed by atoms with Gasteiger partial charge in [0.1, 0.15) is 6.54 Å². The van der Waals surface area contributed by atoms with Crippen LogP contribution >= 0.6 is 11.8 Å². The number of rotatable bonds is 8. The minimum Gasteiger partial charge on any atom is -0.493 e. The number of carbonyl (C=O) groups excluding carboxylic acids is 3. The van der Waals surface area contributed by atoms with Crippen LogP contribution in [-0.4, -0.2) is 42.7 Å². The van der Waals surface area contributed by atoms with Crippen molar-refractivity contribution in [3.63, 3.8) is 0 Å². The summed E-state index contributed by atoms with van der Waals surface area (Å²) in [5, 5.41) is 2.32. The Morgan fingerprint density at radius 3 is 2.45 bits per heavy atom. The van der Waals surface area contributed by atoms with Crippen LogP contribution in [0.4, 0.5) is 10.5 Å². The first-order chi connectivity index (χ1) is 15.8. The maximum Gasteiger partial charge on any atom is 0.294 e. The Labute approximate surface area is 197 Å². The number of hydrogen-bond donors (Lipinski definition) is 1. The quantitative estimate of drug-likeness (QED) is 0.447. The highest BCUT2D eigenvalue weighted by molar-refractivity contribution is 8.18. The van der Waals surface area contributed by atoms with Crippen molar-refractivity contribution in [1.82, 2.24) is 4.90 Å². The van der Waals surface area contributed by atoms with Gasteiger partial charge in [0.15, 0.2) is 11.5 Å². The summed E-state index contributed by atoms with van der Waals surface area (Å²) in [5.41, 5.74) is 4.01. The van der Waals surface area contributed by atoms with Crippen molar-refractivity contribution < 1.29 is 23.9 Å². The van der Waals surface area contributed by atoms with E-state index in [9.17, 15) is 14.4 Å². The van der Waals surface area contributed by atoms with E-state index in [0.29, 0.717) is 29.2 Å². The zero-order valence-corrected chi connectivity index (χ0v) is 19.9. The summed E-state index contributed by atoms with van der Waals surface area (Å²) in [6, 6.07) is 9.25. The number of amides is 3. The first-order valence-electron chi connectivity index (χ1n) is 10.3. The molecule has 1 heterocycles. The summed E-state index contributed by atoms with van der Waals surface area (Å²) >= 11 is 0.800. The number of para-hydroxylation sites is 1. The van der Waals surface area contributed by atoms with Gasteiger partial charge in [0.25, 0.3) is 11.1 Å². The Morgan fingerprint density at radius 2 is 1.85 bits per heavy atom. The van der Waals surface area contributed by atoms with Gasteiger partial charge in [-0.1, -0.05) is 24.3 Å². The number of nitrogens with zero attached hydrogens (tertiary/aromatic N) is 1. The number of thioether (sulfide) groups is 1. The number of ether oxygens (including phenoxy) is 2. The highest BCUT2D eigenvalue weighted by Crippen LogP contribution is 2.37. The molecule has 3 amide bonds. The Balaban J connectivity index is 1.82. The Bertz CT molecular complexity index is 1140. The van der Waals surface area contributed by atoms with Gasteiger partial charge >= 0.3 is 0 Å². The zero-order valence-electron chi connectivity index (χ0n) is 19.1. The van der Waals surface area contributed by atoms with E-state index in [1.165, 1.54) is 7.11 Å². The SMILES string of the molecule is C=CCc1cc(/C=C2\SC(=O)N(CC(=O)Nc3c(C)cccc3C)C2=O)cc(OC)c1OC. The van der Waals surface area contributed by atoms with E-state index in [4.69, 9.17) is 9.47 Å². The number of benzene rings is 2. The lowest BCUT2D eigenvalue weighted by Crippen LogP contribution is -2.36. The number of methoxy groups -OCH3 is 2. The molecule has 2 aromatic rings. The lowest BCUT2D eigenvalue weighted by Gasteiger charge is -2.15. The van der Waals surface area contributed by atoms with Crippen LogP contribution in [0.25, 0.3) is 6.08 Å². The second kappa shape index (κ2) is 10.4. The molecular formula is C25H26N2O5S. The van der Waals surface area contributed by atoms with Crippen molar-refractivity contribution in [3.8, 4) is 11.5 Å². The van der Waals surface area contributed by atoms with E-state index in [2.05, 4.69) is 11.9 Å². The molecule has 172 valence electrons. The number of imide groups is 1. The third kappa shape index (κ3) is 5.28. The fraction of sp³-hybridized carbons (Fsp3) is 0.240. The molecule has 7 nitrogen and oxygen atoms in total. The van der Waals surface area contributed by atoms with Gasteiger partial charge in [0.05, 0.1) is 19.1 Å². The molecule has 0 saturated carbocycles. The standard InChI is InChI=1S/C25H26N2O5S/c1-6-8-18-11-17(12-19(31-4)23(18)32-5)13-20-24(29)27(25(30)33-20)14-21(28)26-22-15(2)9-7-10-16(22)3/h6-7,9-13H,1,8,14H2,2-5H3,(H,26,28)/b20-13-. The van der Waals surface area contributed by atoms with E-state index in [1.807, 2.05) is 38.1 Å². The molecule has 33 heavy (non-hydrogen) atoms. The van der Waals surface area contributed by atoms with Gasteiger partial charge in [-0.2, -0.15) is 0 Å². The minimum absolute atomic E-state index is 0.233. The van der Waals surface area contributed by atoms with Gasteiger partial charge in [-0.3, -0.25) is 19.3 Å².